The van der Waals surface area contributed by atoms with Gasteiger partial charge in [-0.05, 0) is 98.8 Å². The van der Waals surface area contributed by atoms with E-state index in [4.69, 9.17) is 0 Å². The van der Waals surface area contributed by atoms with Crippen LogP contribution in [0, 0.1) is 29.1 Å². The third kappa shape index (κ3) is 2.79. The first kappa shape index (κ1) is 17.1. The molecule has 4 nitrogen and oxygen atoms in total. The highest BCUT2D eigenvalue weighted by Gasteiger charge is 2.54. The van der Waals surface area contributed by atoms with Crippen molar-refractivity contribution in [3.8, 4) is 0 Å². The van der Waals surface area contributed by atoms with Crippen molar-refractivity contribution in [1.29, 1.82) is 0 Å². The Hall–Kier alpha value is -1.84. The molecule has 6 aliphatic rings. The first-order valence-electron chi connectivity index (χ1n) is 11.3. The van der Waals surface area contributed by atoms with Gasteiger partial charge in [-0.3, -0.25) is 9.59 Å². The molecule has 4 bridgehead atoms. The van der Waals surface area contributed by atoms with Gasteiger partial charge in [0.15, 0.2) is 0 Å². The number of carbonyl (C=O) groups is 2. The summed E-state index contributed by atoms with van der Waals surface area (Å²) in [5.74, 6) is 3.20. The molecule has 148 valence electrons. The molecule has 0 aromatic heterocycles. The maximum Gasteiger partial charge on any atom is 0.230 e. The van der Waals surface area contributed by atoms with Gasteiger partial charge in [0.25, 0.3) is 0 Å². The van der Waals surface area contributed by atoms with E-state index in [-0.39, 0.29) is 17.2 Å². The fraction of sp³-hybridized carbons (Fsp3) is 0.667. The van der Waals surface area contributed by atoms with E-state index >= 15 is 0 Å². The summed E-state index contributed by atoms with van der Waals surface area (Å²) in [6, 6.07) is 6.35. The summed E-state index contributed by atoms with van der Waals surface area (Å²) in [6.07, 6.45) is 10.4. The zero-order chi connectivity index (χ0) is 18.9. The fourth-order valence-corrected chi connectivity index (χ4v) is 7.06. The third-order valence-corrected chi connectivity index (χ3v) is 8.23. The number of hydrogen-bond donors (Lipinski definition) is 1. The van der Waals surface area contributed by atoms with Crippen LogP contribution in [0.25, 0.3) is 0 Å². The Morgan fingerprint density at radius 3 is 2.29 bits per heavy atom. The molecule has 2 amide bonds. The Balaban J connectivity index is 1.19. The molecule has 0 atom stereocenters. The first-order chi connectivity index (χ1) is 13.6. The molecule has 4 heteroatoms. The lowest BCUT2D eigenvalue weighted by atomic mass is 9.49. The van der Waals surface area contributed by atoms with Crippen LogP contribution in [0.1, 0.15) is 62.5 Å². The molecular formula is C24H30N2O2. The molecule has 1 heterocycles. The van der Waals surface area contributed by atoms with Crippen molar-refractivity contribution in [1.82, 2.24) is 4.90 Å². The fourth-order valence-electron chi connectivity index (χ4n) is 7.06. The molecule has 0 unspecified atom stereocenters. The Kier molecular flexibility index (Phi) is 3.70. The normalized spacial score (nSPS) is 35.6. The predicted octanol–water partition coefficient (Wildman–Crippen LogP) is 4.14. The van der Waals surface area contributed by atoms with Gasteiger partial charge in [-0.25, -0.2) is 0 Å². The lowest BCUT2D eigenvalue weighted by Gasteiger charge is -2.55. The number of rotatable bonds is 3. The minimum atomic E-state index is -0.112. The first-order valence-corrected chi connectivity index (χ1v) is 11.3. The SMILES string of the molecule is O=C(C1CC1)N1CCc2ccc(NC(=O)C34CC5CC(CC(C5)C3)C4)cc2C1. The van der Waals surface area contributed by atoms with Gasteiger partial charge in [0.1, 0.15) is 0 Å². The molecule has 5 saturated carbocycles. The van der Waals surface area contributed by atoms with Gasteiger partial charge in [-0.2, -0.15) is 0 Å². The van der Waals surface area contributed by atoms with E-state index in [1.165, 1.54) is 30.4 Å². The van der Waals surface area contributed by atoms with E-state index in [2.05, 4.69) is 23.5 Å². The van der Waals surface area contributed by atoms with Gasteiger partial charge in [-0.15, -0.1) is 0 Å². The van der Waals surface area contributed by atoms with Crippen LogP contribution >= 0.6 is 0 Å². The Morgan fingerprint density at radius 1 is 0.964 bits per heavy atom. The van der Waals surface area contributed by atoms with E-state index < -0.39 is 0 Å². The van der Waals surface area contributed by atoms with Gasteiger partial charge in [0.05, 0.1) is 5.41 Å². The van der Waals surface area contributed by atoms with Crippen molar-refractivity contribution in [2.24, 2.45) is 29.1 Å². The van der Waals surface area contributed by atoms with Crippen LogP contribution in [0.5, 0.6) is 0 Å². The maximum atomic E-state index is 13.3. The third-order valence-electron chi connectivity index (χ3n) is 8.23. The molecule has 0 spiro atoms. The van der Waals surface area contributed by atoms with Gasteiger partial charge in [0.2, 0.25) is 11.8 Å². The predicted molar refractivity (Wildman–Crippen MR) is 108 cm³/mol. The van der Waals surface area contributed by atoms with Crippen molar-refractivity contribution in [3.63, 3.8) is 0 Å². The quantitative estimate of drug-likeness (QED) is 0.859. The minimum Gasteiger partial charge on any atom is -0.338 e. The van der Waals surface area contributed by atoms with Gasteiger partial charge >= 0.3 is 0 Å². The van der Waals surface area contributed by atoms with E-state index in [0.717, 1.165) is 68.5 Å². The molecule has 28 heavy (non-hydrogen) atoms. The number of fused-ring (bicyclic) bond motifs is 1. The molecule has 5 fully saturated rings. The largest absolute Gasteiger partial charge is 0.338 e. The lowest BCUT2D eigenvalue weighted by Crippen LogP contribution is -2.51. The van der Waals surface area contributed by atoms with Crippen molar-refractivity contribution >= 4 is 17.5 Å². The highest BCUT2D eigenvalue weighted by Crippen LogP contribution is 2.60. The zero-order valence-electron chi connectivity index (χ0n) is 16.6. The highest BCUT2D eigenvalue weighted by molar-refractivity contribution is 5.95. The molecular weight excluding hydrogens is 348 g/mol. The number of anilines is 1. The van der Waals surface area contributed by atoms with Crippen LogP contribution < -0.4 is 5.32 Å². The molecule has 7 rings (SSSR count). The van der Waals surface area contributed by atoms with E-state index in [0.29, 0.717) is 12.5 Å². The molecule has 0 saturated heterocycles. The standard InChI is InChI=1S/C24H30N2O2/c27-22(19-1-2-19)26-6-5-18-3-4-21(10-20(18)14-26)25-23(28)24-11-15-7-16(12-24)9-17(8-15)13-24/h3-4,10,15-17,19H,1-2,5-9,11-14H2,(H,25,28). The number of benzene rings is 1. The topological polar surface area (TPSA) is 49.4 Å². The van der Waals surface area contributed by atoms with Crippen LogP contribution in [0.4, 0.5) is 5.69 Å². The average molecular weight is 379 g/mol. The number of nitrogens with zero attached hydrogens (tertiary/aromatic N) is 1. The molecule has 0 radical (unpaired) electrons. The molecule has 1 aromatic carbocycles. The summed E-state index contributed by atoms with van der Waals surface area (Å²) >= 11 is 0. The van der Waals surface area contributed by atoms with E-state index in [1.807, 2.05) is 4.90 Å². The second-order valence-corrected chi connectivity index (χ2v) is 10.4. The summed E-state index contributed by atoms with van der Waals surface area (Å²) in [7, 11) is 0. The Bertz CT molecular complexity index is 806. The van der Waals surface area contributed by atoms with E-state index in [1.54, 1.807) is 0 Å². The van der Waals surface area contributed by atoms with E-state index in [9.17, 15) is 9.59 Å². The monoisotopic (exact) mass is 378 g/mol. The van der Waals surface area contributed by atoms with Crippen LogP contribution in [0.15, 0.2) is 18.2 Å². The molecule has 1 aliphatic heterocycles. The summed E-state index contributed by atoms with van der Waals surface area (Å²) in [5.41, 5.74) is 3.34. The minimum absolute atomic E-state index is 0.112. The molecule has 1 N–H and O–H groups in total. The van der Waals surface area contributed by atoms with Crippen molar-refractivity contribution in [3.05, 3.63) is 29.3 Å². The lowest BCUT2D eigenvalue weighted by molar-refractivity contribution is -0.140. The second kappa shape index (κ2) is 6.08. The summed E-state index contributed by atoms with van der Waals surface area (Å²) in [6.45, 7) is 1.53. The number of carbonyl (C=O) groups excluding carboxylic acids is 2. The summed E-state index contributed by atoms with van der Waals surface area (Å²) in [5, 5.41) is 3.29. The summed E-state index contributed by atoms with van der Waals surface area (Å²) < 4.78 is 0. The van der Waals surface area contributed by atoms with Crippen molar-refractivity contribution < 1.29 is 9.59 Å². The summed E-state index contributed by atoms with van der Waals surface area (Å²) in [4.78, 5) is 27.8. The Labute approximate surface area is 167 Å². The zero-order valence-corrected chi connectivity index (χ0v) is 16.6. The second-order valence-electron chi connectivity index (χ2n) is 10.4. The smallest absolute Gasteiger partial charge is 0.230 e. The number of hydrogen-bond acceptors (Lipinski definition) is 2. The van der Waals surface area contributed by atoms with Crippen LogP contribution in [0.2, 0.25) is 0 Å². The van der Waals surface area contributed by atoms with Crippen LogP contribution in [-0.2, 0) is 22.6 Å². The number of nitrogens with one attached hydrogen (secondary N) is 1. The van der Waals surface area contributed by atoms with Crippen LogP contribution in [-0.4, -0.2) is 23.3 Å². The molecule has 1 aromatic rings. The maximum absolute atomic E-state index is 13.3. The van der Waals surface area contributed by atoms with Gasteiger partial charge < -0.3 is 10.2 Å². The highest BCUT2D eigenvalue weighted by atomic mass is 16.2. The van der Waals surface area contributed by atoms with Crippen molar-refractivity contribution in [2.75, 3.05) is 11.9 Å². The average Bonchev–Trinajstić information content (AvgIpc) is 3.51. The van der Waals surface area contributed by atoms with Crippen molar-refractivity contribution in [2.45, 2.75) is 64.3 Å². The Morgan fingerprint density at radius 2 is 1.64 bits per heavy atom. The number of amides is 2. The van der Waals surface area contributed by atoms with Gasteiger partial charge in [0, 0.05) is 24.7 Å². The van der Waals surface area contributed by atoms with Gasteiger partial charge in [-0.1, -0.05) is 6.07 Å². The van der Waals surface area contributed by atoms with Crippen LogP contribution in [0.3, 0.4) is 0 Å². The molecule has 5 aliphatic carbocycles.